The highest BCUT2D eigenvalue weighted by Crippen LogP contribution is 2.29. The lowest BCUT2D eigenvalue weighted by atomic mass is 9.97. The van der Waals surface area contributed by atoms with Gasteiger partial charge >= 0.3 is 0 Å². The van der Waals surface area contributed by atoms with Crippen molar-refractivity contribution in [3.8, 4) is 0 Å². The fourth-order valence-electron chi connectivity index (χ4n) is 5.52. The van der Waals surface area contributed by atoms with Crippen LogP contribution in [-0.4, -0.2) is 141 Å². The third-order valence-electron chi connectivity index (χ3n) is 8.40. The minimum absolute atomic E-state index is 0.312. The smallest absolute Gasteiger partial charge is 0.207 e. The van der Waals surface area contributed by atoms with Crippen LogP contribution in [0, 0.1) is 0 Å². The van der Waals surface area contributed by atoms with Gasteiger partial charge in [-0.3, -0.25) is 4.79 Å². The Morgan fingerprint density at radius 1 is 0.733 bits per heavy atom. The molecule has 2 rings (SSSR count). The monoisotopic (exact) mass is 651 g/mol. The summed E-state index contributed by atoms with van der Waals surface area (Å²) < 4.78 is 22.0. The van der Waals surface area contributed by atoms with Crippen molar-refractivity contribution in [3.63, 3.8) is 0 Å². The van der Waals surface area contributed by atoms with Crippen molar-refractivity contribution in [1.29, 1.82) is 0 Å². The normalized spacial score (nSPS) is 33.7. The first kappa shape index (κ1) is 39.9. The van der Waals surface area contributed by atoms with Crippen molar-refractivity contribution in [3.05, 3.63) is 12.2 Å². The lowest BCUT2D eigenvalue weighted by Gasteiger charge is -2.46. The van der Waals surface area contributed by atoms with Gasteiger partial charge in [0.15, 0.2) is 12.6 Å². The van der Waals surface area contributed by atoms with Crippen molar-refractivity contribution < 1.29 is 64.6 Å². The van der Waals surface area contributed by atoms with Crippen LogP contribution in [0.4, 0.5) is 0 Å². The van der Waals surface area contributed by atoms with Gasteiger partial charge in [-0.05, 0) is 12.8 Å². The highest BCUT2D eigenvalue weighted by atomic mass is 16.7. The Kier molecular flexibility index (Phi) is 19.8. The van der Waals surface area contributed by atoms with Crippen LogP contribution in [0.3, 0.4) is 0 Å². The van der Waals surface area contributed by atoms with Crippen LogP contribution >= 0.6 is 0 Å². The molecule has 1 amide bonds. The molecule has 0 aliphatic carbocycles. The Labute approximate surface area is 266 Å². The van der Waals surface area contributed by atoms with Crippen molar-refractivity contribution in [2.24, 2.45) is 0 Å². The zero-order valence-electron chi connectivity index (χ0n) is 26.4. The second-order valence-corrected chi connectivity index (χ2v) is 12.0. The Bertz CT molecular complexity index is 803. The molecule has 45 heavy (non-hydrogen) atoms. The second kappa shape index (κ2) is 22.3. The van der Waals surface area contributed by atoms with Crippen LogP contribution in [0.5, 0.6) is 0 Å². The summed E-state index contributed by atoms with van der Waals surface area (Å²) in [7, 11) is 0. The first-order valence-corrected chi connectivity index (χ1v) is 16.4. The van der Waals surface area contributed by atoms with Gasteiger partial charge in [-0.25, -0.2) is 0 Å². The Balaban J connectivity index is 1.78. The van der Waals surface area contributed by atoms with Gasteiger partial charge < -0.3 is 65.1 Å². The quantitative estimate of drug-likeness (QED) is 0.0381. The summed E-state index contributed by atoms with van der Waals surface area (Å²) in [5.74, 6) is 0. The molecule has 14 heteroatoms. The first-order valence-electron chi connectivity index (χ1n) is 16.4. The van der Waals surface area contributed by atoms with Gasteiger partial charge in [0.1, 0.15) is 48.8 Å². The molecule has 0 saturated carbocycles. The van der Waals surface area contributed by atoms with E-state index in [1.165, 1.54) is 57.8 Å². The SMILES string of the molecule is CCCCCCCCCCCCCC=CC(O)C(COC1OC(CO)C(OC2OC(CO)C(O)C(O)C2O)C(O)C1O)NC=O. The number of nitrogens with one attached hydrogen (secondary N) is 1. The minimum Gasteiger partial charge on any atom is -0.394 e. The van der Waals surface area contributed by atoms with E-state index in [9.17, 15) is 45.6 Å². The first-order chi connectivity index (χ1) is 21.7. The summed E-state index contributed by atoms with van der Waals surface area (Å²) >= 11 is 0. The highest BCUT2D eigenvalue weighted by Gasteiger charge is 2.50. The number of carbonyl (C=O) groups excluding carboxylic acids is 1. The average molecular weight is 652 g/mol. The molecule has 0 radical (unpaired) electrons. The van der Waals surface area contributed by atoms with E-state index < -0.39 is 86.8 Å². The molecule has 2 fully saturated rings. The maximum absolute atomic E-state index is 11.2. The van der Waals surface area contributed by atoms with E-state index in [4.69, 9.17) is 18.9 Å². The molecular weight excluding hydrogens is 594 g/mol. The summed E-state index contributed by atoms with van der Waals surface area (Å²) in [6.45, 7) is 0.493. The van der Waals surface area contributed by atoms with Crippen LogP contribution in [-0.2, 0) is 23.7 Å². The van der Waals surface area contributed by atoms with Gasteiger partial charge in [0.05, 0.1) is 32.0 Å². The van der Waals surface area contributed by atoms with E-state index in [1.807, 2.05) is 6.08 Å². The summed E-state index contributed by atoms with van der Waals surface area (Å²) in [6, 6.07) is -0.903. The molecule has 0 bridgehead atoms. The lowest BCUT2D eigenvalue weighted by molar-refractivity contribution is -0.359. The maximum atomic E-state index is 11.2. The van der Waals surface area contributed by atoms with E-state index >= 15 is 0 Å². The second-order valence-electron chi connectivity index (χ2n) is 12.0. The lowest BCUT2D eigenvalue weighted by Crippen LogP contribution is -2.64. The van der Waals surface area contributed by atoms with Crippen molar-refractivity contribution >= 4 is 6.41 Å². The van der Waals surface area contributed by atoms with Crippen molar-refractivity contribution in [2.45, 2.75) is 158 Å². The zero-order valence-corrected chi connectivity index (χ0v) is 26.4. The van der Waals surface area contributed by atoms with Crippen LogP contribution in [0.25, 0.3) is 0 Å². The van der Waals surface area contributed by atoms with Gasteiger partial charge in [0, 0.05) is 0 Å². The van der Waals surface area contributed by atoms with Crippen molar-refractivity contribution in [2.75, 3.05) is 19.8 Å². The number of hydrogen-bond donors (Lipinski definition) is 9. The number of carbonyl (C=O) groups is 1. The molecule has 14 nitrogen and oxygen atoms in total. The molecule has 2 aliphatic heterocycles. The fourth-order valence-corrected chi connectivity index (χ4v) is 5.52. The van der Waals surface area contributed by atoms with Gasteiger partial charge in [-0.1, -0.05) is 83.3 Å². The number of ether oxygens (including phenoxy) is 4. The Morgan fingerprint density at radius 3 is 1.87 bits per heavy atom. The van der Waals surface area contributed by atoms with Crippen molar-refractivity contribution in [1.82, 2.24) is 5.32 Å². The number of amides is 1. The maximum Gasteiger partial charge on any atom is 0.207 e. The Hall–Kier alpha value is -1.27. The average Bonchev–Trinajstić information content (AvgIpc) is 3.04. The predicted octanol–water partition coefficient (Wildman–Crippen LogP) is -0.640. The summed E-state index contributed by atoms with van der Waals surface area (Å²) in [6.07, 6.45) is 1.30. The number of allylic oxidation sites excluding steroid dienone is 1. The third kappa shape index (κ3) is 13.0. The number of rotatable bonds is 23. The van der Waals surface area contributed by atoms with Crippen LogP contribution in [0.2, 0.25) is 0 Å². The van der Waals surface area contributed by atoms with Gasteiger partial charge in [-0.15, -0.1) is 0 Å². The van der Waals surface area contributed by atoms with Crippen LogP contribution in [0.15, 0.2) is 12.2 Å². The highest BCUT2D eigenvalue weighted by molar-refractivity contribution is 5.47. The molecule has 0 aromatic carbocycles. The molecule has 0 aromatic rings. The van der Waals surface area contributed by atoms with Crippen LogP contribution < -0.4 is 5.32 Å². The van der Waals surface area contributed by atoms with Gasteiger partial charge in [0.2, 0.25) is 6.41 Å². The number of aliphatic hydroxyl groups is 8. The molecule has 2 saturated heterocycles. The standard InChI is InChI=1S/C31H57NO13/c1-2-3-4-5-6-7-8-9-10-11-12-13-14-15-21(36)20(32-19-35)18-42-30-28(41)26(39)29(23(17-34)44-30)45-31-27(40)25(38)24(37)22(16-33)43-31/h14-15,19-31,33-34,36-41H,2-13,16-18H2,1H3,(H,32,35). The molecule has 2 aliphatic rings. The summed E-state index contributed by atoms with van der Waals surface area (Å²) in [4.78, 5) is 11.2. The van der Waals surface area contributed by atoms with Crippen LogP contribution in [0.1, 0.15) is 84.0 Å². The summed E-state index contributed by atoms with van der Waals surface area (Å²) in [5, 5.41) is 84.0. The molecule has 12 unspecified atom stereocenters. The third-order valence-corrected chi connectivity index (χ3v) is 8.40. The minimum atomic E-state index is -1.78. The predicted molar refractivity (Wildman–Crippen MR) is 162 cm³/mol. The van der Waals surface area contributed by atoms with E-state index in [-0.39, 0.29) is 6.61 Å². The molecule has 12 atom stereocenters. The largest absolute Gasteiger partial charge is 0.394 e. The molecule has 2 heterocycles. The Morgan fingerprint density at radius 2 is 1.29 bits per heavy atom. The van der Waals surface area contributed by atoms with E-state index in [0.29, 0.717) is 6.41 Å². The molecule has 0 aromatic heterocycles. The van der Waals surface area contributed by atoms with E-state index in [2.05, 4.69) is 12.2 Å². The molecule has 9 N–H and O–H groups in total. The van der Waals surface area contributed by atoms with Gasteiger partial charge in [-0.2, -0.15) is 0 Å². The fraction of sp³-hybridized carbons (Fsp3) is 0.903. The number of unbranched alkanes of at least 4 members (excludes halogenated alkanes) is 11. The number of hydrogen-bond acceptors (Lipinski definition) is 13. The molecular formula is C31H57NO13. The molecule has 0 spiro atoms. The number of aliphatic hydroxyl groups excluding tert-OH is 8. The van der Waals surface area contributed by atoms with E-state index in [0.717, 1.165) is 19.3 Å². The summed E-state index contributed by atoms with van der Waals surface area (Å²) in [5.41, 5.74) is 0. The topological polar surface area (TPSA) is 228 Å². The zero-order chi connectivity index (χ0) is 33.2. The molecule has 264 valence electrons. The van der Waals surface area contributed by atoms with Gasteiger partial charge in [0.25, 0.3) is 0 Å². The van der Waals surface area contributed by atoms with E-state index in [1.54, 1.807) is 6.08 Å².